The minimum absolute atomic E-state index is 0.120. The van der Waals surface area contributed by atoms with E-state index in [4.69, 9.17) is 5.11 Å². The van der Waals surface area contributed by atoms with Crippen LogP contribution >= 0.6 is 11.3 Å². The second-order valence-electron chi connectivity index (χ2n) is 4.69. The number of rotatable bonds is 3. The van der Waals surface area contributed by atoms with E-state index in [-0.39, 0.29) is 12.0 Å². The molecule has 0 aromatic carbocycles. The van der Waals surface area contributed by atoms with Crippen LogP contribution in [0, 0.1) is 19.8 Å². The summed E-state index contributed by atoms with van der Waals surface area (Å²) in [6.07, 6.45) is 0.757. The zero-order chi connectivity index (χ0) is 12.6. The van der Waals surface area contributed by atoms with Crippen LogP contribution in [0.15, 0.2) is 0 Å². The number of likely N-dealkylation sites (tertiary alicyclic amines) is 1. The maximum atomic E-state index is 11.0. The van der Waals surface area contributed by atoms with Gasteiger partial charge in [0.1, 0.15) is 0 Å². The second-order valence-corrected chi connectivity index (χ2v) is 5.97. The lowest BCUT2D eigenvalue weighted by molar-refractivity contribution is -0.142. The molecule has 1 aromatic heterocycles. The van der Waals surface area contributed by atoms with Crippen molar-refractivity contribution in [3.8, 4) is 0 Å². The zero-order valence-corrected chi connectivity index (χ0v) is 11.3. The molecule has 2 heterocycles. The molecule has 2 unspecified atom stereocenters. The lowest BCUT2D eigenvalue weighted by atomic mass is 10.0. The van der Waals surface area contributed by atoms with Crippen molar-refractivity contribution in [2.75, 3.05) is 6.54 Å². The Morgan fingerprint density at radius 3 is 2.76 bits per heavy atom. The molecular formula is C12H18N2O2S. The van der Waals surface area contributed by atoms with E-state index >= 15 is 0 Å². The van der Waals surface area contributed by atoms with E-state index in [1.54, 1.807) is 11.3 Å². The molecule has 2 atom stereocenters. The molecule has 1 aliphatic heterocycles. The number of aliphatic carboxylic acids is 1. The quantitative estimate of drug-likeness (QED) is 0.897. The Morgan fingerprint density at radius 2 is 2.29 bits per heavy atom. The average Bonchev–Trinajstić information content (AvgIpc) is 2.73. The van der Waals surface area contributed by atoms with Gasteiger partial charge in [0, 0.05) is 17.5 Å². The van der Waals surface area contributed by atoms with Crippen molar-refractivity contribution in [3.63, 3.8) is 0 Å². The number of carbonyl (C=O) groups is 1. The molecule has 1 fully saturated rings. The fourth-order valence-corrected chi connectivity index (χ4v) is 3.42. The van der Waals surface area contributed by atoms with Crippen LogP contribution in [0.5, 0.6) is 0 Å². The van der Waals surface area contributed by atoms with Crippen LogP contribution in [0.4, 0.5) is 0 Å². The van der Waals surface area contributed by atoms with E-state index in [2.05, 4.69) is 9.88 Å². The molecule has 1 N–H and O–H groups in total. The van der Waals surface area contributed by atoms with E-state index < -0.39 is 5.97 Å². The highest BCUT2D eigenvalue weighted by Gasteiger charge is 2.35. The van der Waals surface area contributed by atoms with Gasteiger partial charge in [-0.15, -0.1) is 11.3 Å². The third-order valence-corrected chi connectivity index (χ3v) is 4.61. The summed E-state index contributed by atoms with van der Waals surface area (Å²) in [6, 6.07) is 0.120. The van der Waals surface area contributed by atoms with E-state index in [9.17, 15) is 4.79 Å². The van der Waals surface area contributed by atoms with Gasteiger partial charge in [-0.25, -0.2) is 4.98 Å². The van der Waals surface area contributed by atoms with E-state index in [0.29, 0.717) is 0 Å². The summed E-state index contributed by atoms with van der Waals surface area (Å²) in [4.78, 5) is 19.0. The molecule has 0 spiro atoms. The molecule has 0 aliphatic carbocycles. The first kappa shape index (κ1) is 12.5. The lowest BCUT2D eigenvalue weighted by Crippen LogP contribution is -2.32. The Kier molecular flexibility index (Phi) is 3.49. The molecule has 0 radical (unpaired) electrons. The van der Waals surface area contributed by atoms with Gasteiger partial charge in [0.05, 0.1) is 16.6 Å². The summed E-state index contributed by atoms with van der Waals surface area (Å²) >= 11 is 1.71. The van der Waals surface area contributed by atoms with E-state index in [0.717, 1.165) is 30.2 Å². The lowest BCUT2D eigenvalue weighted by Gasteiger charge is -2.22. The van der Waals surface area contributed by atoms with Crippen molar-refractivity contribution < 1.29 is 9.90 Å². The first-order valence-corrected chi connectivity index (χ1v) is 6.70. The van der Waals surface area contributed by atoms with Gasteiger partial charge in [0.2, 0.25) is 0 Å². The molecule has 2 rings (SSSR count). The third-order valence-electron chi connectivity index (χ3n) is 3.55. The van der Waals surface area contributed by atoms with Crippen molar-refractivity contribution in [2.24, 2.45) is 5.92 Å². The van der Waals surface area contributed by atoms with Gasteiger partial charge in [-0.3, -0.25) is 9.69 Å². The van der Waals surface area contributed by atoms with Gasteiger partial charge in [-0.1, -0.05) is 0 Å². The molecule has 1 aliphatic rings. The summed E-state index contributed by atoms with van der Waals surface area (Å²) in [6.45, 7) is 7.74. The molecular weight excluding hydrogens is 236 g/mol. The number of aromatic nitrogens is 1. The fourth-order valence-electron chi connectivity index (χ4n) is 2.46. The van der Waals surface area contributed by atoms with Crippen molar-refractivity contribution in [2.45, 2.75) is 39.8 Å². The van der Waals surface area contributed by atoms with Crippen molar-refractivity contribution in [1.29, 1.82) is 0 Å². The second kappa shape index (κ2) is 4.74. The maximum Gasteiger partial charge on any atom is 0.308 e. The van der Waals surface area contributed by atoms with Crippen LogP contribution in [-0.4, -0.2) is 33.5 Å². The monoisotopic (exact) mass is 254 g/mol. The Labute approximate surface area is 105 Å². The van der Waals surface area contributed by atoms with Crippen LogP contribution in [-0.2, 0) is 11.3 Å². The number of nitrogens with zero attached hydrogens (tertiary/aromatic N) is 2. The number of thiazole rings is 1. The summed E-state index contributed by atoms with van der Waals surface area (Å²) in [5.41, 5.74) is 1.08. The maximum absolute atomic E-state index is 11.0. The third kappa shape index (κ3) is 2.50. The SMILES string of the molecule is Cc1nc(C)c(CN2CCC(C(=O)O)C2C)s1. The van der Waals surface area contributed by atoms with Crippen LogP contribution in [0.25, 0.3) is 0 Å². The average molecular weight is 254 g/mol. The predicted octanol–water partition coefficient (Wildman–Crippen LogP) is 2.05. The number of carboxylic acids is 1. The van der Waals surface area contributed by atoms with Crippen molar-refractivity contribution in [1.82, 2.24) is 9.88 Å². The largest absolute Gasteiger partial charge is 0.481 e. The highest BCUT2D eigenvalue weighted by atomic mass is 32.1. The Hall–Kier alpha value is -0.940. The molecule has 0 amide bonds. The van der Waals surface area contributed by atoms with Gasteiger partial charge in [-0.05, 0) is 33.7 Å². The van der Waals surface area contributed by atoms with Crippen LogP contribution in [0.3, 0.4) is 0 Å². The van der Waals surface area contributed by atoms with Gasteiger partial charge in [0.25, 0.3) is 0 Å². The summed E-state index contributed by atoms with van der Waals surface area (Å²) in [5, 5.41) is 10.2. The summed E-state index contributed by atoms with van der Waals surface area (Å²) in [5.74, 6) is -0.887. The molecule has 5 heteroatoms. The smallest absolute Gasteiger partial charge is 0.308 e. The molecule has 1 saturated heterocycles. The minimum Gasteiger partial charge on any atom is -0.481 e. The van der Waals surface area contributed by atoms with Crippen LogP contribution in [0.1, 0.15) is 28.9 Å². The molecule has 0 bridgehead atoms. The Balaban J connectivity index is 2.06. The van der Waals surface area contributed by atoms with Gasteiger partial charge >= 0.3 is 5.97 Å². The molecule has 0 saturated carbocycles. The van der Waals surface area contributed by atoms with E-state index in [1.165, 1.54) is 4.88 Å². The van der Waals surface area contributed by atoms with Gasteiger partial charge in [-0.2, -0.15) is 0 Å². The first-order valence-electron chi connectivity index (χ1n) is 5.89. The number of hydrogen-bond acceptors (Lipinski definition) is 4. The fraction of sp³-hybridized carbons (Fsp3) is 0.667. The van der Waals surface area contributed by atoms with Gasteiger partial charge < -0.3 is 5.11 Å². The van der Waals surface area contributed by atoms with E-state index in [1.807, 2.05) is 20.8 Å². The Morgan fingerprint density at radius 1 is 1.59 bits per heavy atom. The zero-order valence-electron chi connectivity index (χ0n) is 10.4. The number of carboxylic acid groups (broad SMARTS) is 1. The molecule has 4 nitrogen and oxygen atoms in total. The molecule has 1 aromatic rings. The highest BCUT2D eigenvalue weighted by Crippen LogP contribution is 2.28. The van der Waals surface area contributed by atoms with Crippen LogP contribution in [0.2, 0.25) is 0 Å². The summed E-state index contributed by atoms with van der Waals surface area (Å²) in [7, 11) is 0. The van der Waals surface area contributed by atoms with Gasteiger partial charge in [0.15, 0.2) is 0 Å². The molecule has 17 heavy (non-hydrogen) atoms. The van der Waals surface area contributed by atoms with Crippen molar-refractivity contribution in [3.05, 3.63) is 15.6 Å². The first-order chi connectivity index (χ1) is 7.99. The summed E-state index contributed by atoms with van der Waals surface area (Å²) < 4.78 is 0. The highest BCUT2D eigenvalue weighted by molar-refractivity contribution is 7.11. The standard InChI is InChI=1S/C12H18N2O2S/c1-7-11(17-9(3)13-7)6-14-5-4-10(8(14)2)12(15)16/h8,10H,4-6H2,1-3H3,(H,15,16). The topological polar surface area (TPSA) is 53.4 Å². The number of hydrogen-bond donors (Lipinski definition) is 1. The van der Waals surface area contributed by atoms with Crippen LogP contribution < -0.4 is 0 Å². The normalized spacial score (nSPS) is 25.4. The minimum atomic E-state index is -0.669. The molecule has 94 valence electrons. The Bertz CT molecular complexity index is 430. The predicted molar refractivity (Wildman–Crippen MR) is 67.2 cm³/mol. The number of aryl methyl sites for hydroxylation is 2. The van der Waals surface area contributed by atoms with Crippen molar-refractivity contribution >= 4 is 17.3 Å².